The highest BCUT2D eigenvalue weighted by atomic mass is 32.1. The standard InChI is InChI=1S/C22H23FN2O3S/c1-16-25-19(15-29-16)14-28-21-8-4-17(5-9-21)22(26)24-12-2-3-13-27-20-10-6-18(23)7-11-20/h4-11,15H,2-3,12-14H2,1H3,(H,24,26). The number of amides is 1. The smallest absolute Gasteiger partial charge is 0.251 e. The first-order chi connectivity index (χ1) is 14.1. The van der Waals surface area contributed by atoms with Crippen molar-refractivity contribution in [3.8, 4) is 11.5 Å². The first kappa shape index (κ1) is 20.8. The predicted molar refractivity (Wildman–Crippen MR) is 111 cm³/mol. The Balaban J connectivity index is 1.32. The van der Waals surface area contributed by atoms with Gasteiger partial charge in [-0.1, -0.05) is 0 Å². The Hall–Kier alpha value is -2.93. The third kappa shape index (κ3) is 6.87. The summed E-state index contributed by atoms with van der Waals surface area (Å²) >= 11 is 1.59. The molecule has 2 aromatic carbocycles. The van der Waals surface area contributed by atoms with E-state index in [-0.39, 0.29) is 11.7 Å². The van der Waals surface area contributed by atoms with Crippen molar-refractivity contribution in [3.63, 3.8) is 0 Å². The Bertz CT molecular complexity index is 911. The highest BCUT2D eigenvalue weighted by Gasteiger charge is 2.06. The highest BCUT2D eigenvalue weighted by Crippen LogP contribution is 2.16. The number of rotatable bonds is 10. The number of nitrogens with one attached hydrogen (secondary N) is 1. The van der Waals surface area contributed by atoms with Crippen LogP contribution in [0.5, 0.6) is 11.5 Å². The van der Waals surface area contributed by atoms with Gasteiger partial charge in [-0.3, -0.25) is 4.79 Å². The molecule has 0 unspecified atom stereocenters. The third-order valence-electron chi connectivity index (χ3n) is 4.11. The molecule has 29 heavy (non-hydrogen) atoms. The molecule has 0 aliphatic heterocycles. The molecule has 3 rings (SSSR count). The molecule has 0 radical (unpaired) electrons. The molecule has 1 heterocycles. The normalized spacial score (nSPS) is 10.6. The summed E-state index contributed by atoms with van der Waals surface area (Å²) in [6, 6.07) is 13.0. The Morgan fingerprint density at radius 1 is 1.03 bits per heavy atom. The maximum absolute atomic E-state index is 12.8. The van der Waals surface area contributed by atoms with Crippen LogP contribution in [0, 0.1) is 12.7 Å². The van der Waals surface area contributed by atoms with Crippen molar-refractivity contribution in [3.05, 3.63) is 76.0 Å². The number of carbonyl (C=O) groups excluding carboxylic acids is 1. The van der Waals surface area contributed by atoms with Gasteiger partial charge in [-0.2, -0.15) is 0 Å². The van der Waals surface area contributed by atoms with Crippen LogP contribution in [-0.4, -0.2) is 24.0 Å². The van der Waals surface area contributed by atoms with Gasteiger partial charge in [0.25, 0.3) is 5.91 Å². The number of ether oxygens (including phenoxy) is 2. The minimum absolute atomic E-state index is 0.119. The van der Waals surface area contributed by atoms with Gasteiger partial charge in [0, 0.05) is 17.5 Å². The van der Waals surface area contributed by atoms with E-state index in [0.29, 0.717) is 36.8 Å². The van der Waals surface area contributed by atoms with E-state index < -0.39 is 0 Å². The number of hydrogen-bond donors (Lipinski definition) is 1. The van der Waals surface area contributed by atoms with Crippen molar-refractivity contribution in [2.24, 2.45) is 0 Å². The van der Waals surface area contributed by atoms with Crippen molar-refractivity contribution in [1.82, 2.24) is 10.3 Å². The molecule has 5 nitrogen and oxygen atoms in total. The summed E-state index contributed by atoms with van der Waals surface area (Å²) in [5, 5.41) is 5.88. The number of aromatic nitrogens is 1. The molecular weight excluding hydrogens is 391 g/mol. The molecule has 1 N–H and O–H groups in total. The maximum Gasteiger partial charge on any atom is 0.251 e. The zero-order valence-electron chi connectivity index (χ0n) is 16.2. The van der Waals surface area contributed by atoms with E-state index in [4.69, 9.17) is 9.47 Å². The van der Waals surface area contributed by atoms with Crippen LogP contribution in [0.1, 0.15) is 33.9 Å². The van der Waals surface area contributed by atoms with Crippen LogP contribution in [0.2, 0.25) is 0 Å². The van der Waals surface area contributed by atoms with E-state index >= 15 is 0 Å². The molecule has 0 saturated carbocycles. The van der Waals surface area contributed by atoms with Gasteiger partial charge in [-0.15, -0.1) is 11.3 Å². The molecule has 3 aromatic rings. The minimum Gasteiger partial charge on any atom is -0.494 e. The van der Waals surface area contributed by atoms with Crippen LogP contribution < -0.4 is 14.8 Å². The largest absolute Gasteiger partial charge is 0.494 e. The molecule has 7 heteroatoms. The van der Waals surface area contributed by atoms with Crippen LogP contribution in [0.3, 0.4) is 0 Å². The number of carbonyl (C=O) groups is 1. The molecule has 0 aliphatic rings. The Labute approximate surface area is 173 Å². The summed E-state index contributed by atoms with van der Waals surface area (Å²) in [7, 11) is 0. The topological polar surface area (TPSA) is 60.5 Å². The van der Waals surface area contributed by atoms with Crippen LogP contribution in [0.4, 0.5) is 4.39 Å². The SMILES string of the molecule is Cc1nc(COc2ccc(C(=O)NCCCCOc3ccc(F)cc3)cc2)cs1. The summed E-state index contributed by atoms with van der Waals surface area (Å²) in [6.07, 6.45) is 1.59. The summed E-state index contributed by atoms with van der Waals surface area (Å²) in [4.78, 5) is 16.5. The molecule has 1 amide bonds. The first-order valence-corrected chi connectivity index (χ1v) is 10.3. The Morgan fingerprint density at radius 3 is 2.41 bits per heavy atom. The molecular formula is C22H23FN2O3S. The van der Waals surface area contributed by atoms with Gasteiger partial charge in [0.2, 0.25) is 0 Å². The van der Waals surface area contributed by atoms with Gasteiger partial charge in [0.1, 0.15) is 23.9 Å². The minimum atomic E-state index is -0.283. The van der Waals surface area contributed by atoms with E-state index in [1.54, 1.807) is 47.7 Å². The number of benzene rings is 2. The average Bonchev–Trinajstić information content (AvgIpc) is 3.16. The third-order valence-corrected chi connectivity index (χ3v) is 4.93. The van der Waals surface area contributed by atoms with Crippen molar-refractivity contribution in [2.75, 3.05) is 13.2 Å². The second-order valence-corrected chi connectivity index (χ2v) is 7.50. The number of aryl methyl sites for hydroxylation is 1. The fourth-order valence-corrected chi connectivity index (χ4v) is 3.18. The second kappa shape index (κ2) is 10.6. The lowest BCUT2D eigenvalue weighted by molar-refractivity contribution is 0.0952. The number of nitrogens with zero attached hydrogens (tertiary/aromatic N) is 1. The first-order valence-electron chi connectivity index (χ1n) is 9.40. The quantitative estimate of drug-likeness (QED) is 0.486. The molecule has 0 bridgehead atoms. The number of thiazole rings is 1. The van der Waals surface area contributed by atoms with Gasteiger partial charge >= 0.3 is 0 Å². The lowest BCUT2D eigenvalue weighted by atomic mass is 10.2. The van der Waals surface area contributed by atoms with Gasteiger partial charge in [-0.25, -0.2) is 9.37 Å². The molecule has 0 saturated heterocycles. The van der Waals surface area contributed by atoms with Crippen LogP contribution in [0.25, 0.3) is 0 Å². The molecule has 0 atom stereocenters. The second-order valence-electron chi connectivity index (χ2n) is 6.44. The van der Waals surface area contributed by atoms with Crippen LogP contribution in [-0.2, 0) is 6.61 Å². The van der Waals surface area contributed by atoms with Crippen molar-refractivity contribution in [1.29, 1.82) is 0 Å². The van der Waals surface area contributed by atoms with Gasteiger partial charge in [-0.05, 0) is 68.3 Å². The van der Waals surface area contributed by atoms with Crippen molar-refractivity contribution in [2.45, 2.75) is 26.4 Å². The fraction of sp³-hybridized carbons (Fsp3) is 0.273. The Morgan fingerprint density at radius 2 is 1.72 bits per heavy atom. The zero-order chi connectivity index (χ0) is 20.5. The van der Waals surface area contributed by atoms with Crippen LogP contribution >= 0.6 is 11.3 Å². The lowest BCUT2D eigenvalue weighted by Crippen LogP contribution is -2.24. The summed E-state index contributed by atoms with van der Waals surface area (Å²) in [6.45, 7) is 3.45. The number of hydrogen-bond acceptors (Lipinski definition) is 5. The predicted octanol–water partition coefficient (Wildman–Crippen LogP) is 4.76. The monoisotopic (exact) mass is 414 g/mol. The zero-order valence-corrected chi connectivity index (χ0v) is 17.0. The van der Waals surface area contributed by atoms with E-state index in [0.717, 1.165) is 23.5 Å². The maximum atomic E-state index is 12.8. The van der Waals surface area contributed by atoms with Crippen LogP contribution in [0.15, 0.2) is 53.9 Å². The molecule has 0 spiro atoms. The average molecular weight is 415 g/mol. The van der Waals surface area contributed by atoms with Gasteiger partial charge < -0.3 is 14.8 Å². The van der Waals surface area contributed by atoms with E-state index in [1.165, 1.54) is 12.1 Å². The molecule has 1 aromatic heterocycles. The summed E-state index contributed by atoms with van der Waals surface area (Å²) < 4.78 is 24.0. The fourth-order valence-electron chi connectivity index (χ4n) is 2.59. The van der Waals surface area contributed by atoms with E-state index in [1.807, 2.05) is 12.3 Å². The van der Waals surface area contributed by atoms with Crippen molar-refractivity contribution >= 4 is 17.2 Å². The van der Waals surface area contributed by atoms with E-state index in [2.05, 4.69) is 10.3 Å². The van der Waals surface area contributed by atoms with Gasteiger partial charge in [0.05, 0.1) is 17.3 Å². The molecule has 152 valence electrons. The number of halogens is 1. The lowest BCUT2D eigenvalue weighted by Gasteiger charge is -2.08. The Kier molecular flexibility index (Phi) is 7.58. The summed E-state index contributed by atoms with van der Waals surface area (Å²) in [5.74, 6) is 0.938. The summed E-state index contributed by atoms with van der Waals surface area (Å²) in [5.41, 5.74) is 1.49. The molecule has 0 fully saturated rings. The van der Waals surface area contributed by atoms with Gasteiger partial charge in [0.15, 0.2) is 0 Å². The molecule has 0 aliphatic carbocycles. The number of unbranched alkanes of at least 4 members (excludes halogenated alkanes) is 1. The highest BCUT2D eigenvalue weighted by molar-refractivity contribution is 7.09. The van der Waals surface area contributed by atoms with E-state index in [9.17, 15) is 9.18 Å². The van der Waals surface area contributed by atoms with Crippen molar-refractivity contribution < 1.29 is 18.7 Å².